The average Bonchev–Trinajstić information content (AvgIpc) is 3.07. The monoisotopic (exact) mass is 346 g/mol. The summed E-state index contributed by atoms with van der Waals surface area (Å²) in [5, 5.41) is 11.6. The number of urea groups is 1. The number of rotatable bonds is 4. The summed E-state index contributed by atoms with van der Waals surface area (Å²) in [5.74, 6) is -1.25. The third-order valence-electron chi connectivity index (χ3n) is 4.48. The van der Waals surface area contributed by atoms with Gasteiger partial charge in [-0.3, -0.25) is 0 Å². The van der Waals surface area contributed by atoms with E-state index in [0.717, 1.165) is 12.5 Å². The summed E-state index contributed by atoms with van der Waals surface area (Å²) >= 11 is 0. The number of likely N-dealkylation sites (tertiary alicyclic amines) is 1. The summed E-state index contributed by atoms with van der Waals surface area (Å²) in [7, 11) is 0. The first kappa shape index (κ1) is 17.4. The molecule has 0 saturated carbocycles. The lowest BCUT2D eigenvalue weighted by Crippen LogP contribution is -2.33. The first-order valence-corrected chi connectivity index (χ1v) is 8.29. The zero-order valence-electron chi connectivity index (χ0n) is 13.7. The molecule has 2 N–H and O–H groups in total. The molecular formula is C19H20F2N2O2. The Morgan fingerprint density at radius 1 is 1.24 bits per heavy atom. The molecule has 1 saturated heterocycles. The molecule has 3 rings (SSSR count). The van der Waals surface area contributed by atoms with Gasteiger partial charge in [-0.2, -0.15) is 0 Å². The van der Waals surface area contributed by atoms with E-state index in [2.05, 4.69) is 5.32 Å². The quantitative estimate of drug-likeness (QED) is 0.883. The van der Waals surface area contributed by atoms with Crippen LogP contribution >= 0.6 is 0 Å². The Kier molecular flexibility index (Phi) is 5.28. The first-order chi connectivity index (χ1) is 12.1. The van der Waals surface area contributed by atoms with Crippen LogP contribution in [0.5, 0.6) is 0 Å². The fraction of sp³-hybridized carbons (Fsp3) is 0.316. The standard InChI is InChI=1S/C19H20F2N2O2/c20-15-10-16(14-4-2-1-3-5-14)18(17(21)11-15)22-19(25)23-8-6-13(12-23)7-9-24/h1-5,10-11,13,24H,6-9,12H2,(H,22,25). The van der Waals surface area contributed by atoms with Crippen molar-refractivity contribution in [3.8, 4) is 11.1 Å². The van der Waals surface area contributed by atoms with Crippen molar-refractivity contribution in [3.63, 3.8) is 0 Å². The second-order valence-corrected chi connectivity index (χ2v) is 6.22. The van der Waals surface area contributed by atoms with Gasteiger partial charge in [0, 0.05) is 31.3 Å². The van der Waals surface area contributed by atoms with Gasteiger partial charge in [0.05, 0.1) is 5.69 Å². The van der Waals surface area contributed by atoms with Crippen LogP contribution in [0.1, 0.15) is 12.8 Å². The van der Waals surface area contributed by atoms with Crippen LogP contribution in [0.4, 0.5) is 19.3 Å². The molecule has 1 aliphatic heterocycles. The second kappa shape index (κ2) is 7.61. The maximum atomic E-state index is 14.3. The van der Waals surface area contributed by atoms with Crippen molar-refractivity contribution >= 4 is 11.7 Å². The number of benzene rings is 2. The molecule has 0 aliphatic carbocycles. The summed E-state index contributed by atoms with van der Waals surface area (Å²) in [6, 6.07) is 10.4. The average molecular weight is 346 g/mol. The fourth-order valence-electron chi connectivity index (χ4n) is 3.17. The molecule has 0 spiro atoms. The number of hydrogen-bond donors (Lipinski definition) is 2. The minimum Gasteiger partial charge on any atom is -0.396 e. The van der Waals surface area contributed by atoms with E-state index in [1.807, 2.05) is 6.07 Å². The Morgan fingerprint density at radius 2 is 2.00 bits per heavy atom. The molecule has 6 heteroatoms. The summed E-state index contributed by atoms with van der Waals surface area (Å²) in [6.45, 7) is 1.17. The van der Waals surface area contributed by atoms with Gasteiger partial charge in [0.2, 0.25) is 0 Å². The molecule has 1 fully saturated rings. The topological polar surface area (TPSA) is 52.6 Å². The fourth-order valence-corrected chi connectivity index (χ4v) is 3.17. The van der Waals surface area contributed by atoms with E-state index in [-0.39, 0.29) is 18.2 Å². The molecule has 0 bridgehead atoms. The summed E-state index contributed by atoms with van der Waals surface area (Å²) in [6.07, 6.45) is 1.45. The van der Waals surface area contributed by atoms with Gasteiger partial charge in [-0.15, -0.1) is 0 Å². The highest BCUT2D eigenvalue weighted by Crippen LogP contribution is 2.32. The highest BCUT2D eigenvalue weighted by atomic mass is 19.1. The van der Waals surface area contributed by atoms with Crippen LogP contribution in [0.15, 0.2) is 42.5 Å². The molecule has 25 heavy (non-hydrogen) atoms. The lowest BCUT2D eigenvalue weighted by molar-refractivity contribution is 0.217. The van der Waals surface area contributed by atoms with Gasteiger partial charge >= 0.3 is 6.03 Å². The third kappa shape index (κ3) is 3.96. The molecule has 2 aromatic carbocycles. The lowest BCUT2D eigenvalue weighted by Gasteiger charge is -2.19. The molecule has 0 radical (unpaired) electrons. The Balaban J connectivity index is 1.84. The van der Waals surface area contributed by atoms with Crippen LogP contribution in [-0.2, 0) is 0 Å². The number of nitrogens with one attached hydrogen (secondary N) is 1. The van der Waals surface area contributed by atoms with E-state index in [9.17, 15) is 13.6 Å². The van der Waals surface area contributed by atoms with Crippen molar-refractivity contribution in [1.29, 1.82) is 0 Å². The van der Waals surface area contributed by atoms with Crippen molar-refractivity contribution in [2.45, 2.75) is 12.8 Å². The molecular weight excluding hydrogens is 326 g/mol. The zero-order chi connectivity index (χ0) is 17.8. The molecule has 0 aromatic heterocycles. The van der Waals surface area contributed by atoms with Crippen LogP contribution in [0.2, 0.25) is 0 Å². The number of anilines is 1. The Bertz CT molecular complexity index is 753. The number of hydrogen-bond acceptors (Lipinski definition) is 2. The molecule has 2 amide bonds. The molecule has 1 atom stereocenters. The van der Waals surface area contributed by atoms with Crippen molar-refractivity contribution in [2.24, 2.45) is 5.92 Å². The highest BCUT2D eigenvalue weighted by molar-refractivity contribution is 5.94. The Morgan fingerprint density at radius 3 is 2.72 bits per heavy atom. The predicted octanol–water partition coefficient (Wildman–Crippen LogP) is 3.87. The van der Waals surface area contributed by atoms with Gasteiger partial charge in [-0.25, -0.2) is 13.6 Å². The number of amides is 2. The predicted molar refractivity (Wildman–Crippen MR) is 92.2 cm³/mol. The van der Waals surface area contributed by atoms with Gasteiger partial charge in [-0.05, 0) is 30.4 Å². The molecule has 1 aliphatic rings. The number of aliphatic hydroxyl groups is 1. The van der Waals surface area contributed by atoms with Crippen LogP contribution in [0.25, 0.3) is 11.1 Å². The summed E-state index contributed by atoms with van der Waals surface area (Å²) < 4.78 is 28.0. The van der Waals surface area contributed by atoms with Gasteiger partial charge in [0.25, 0.3) is 0 Å². The SMILES string of the molecule is O=C(Nc1c(F)cc(F)cc1-c1ccccc1)N1CCC(CCO)C1. The van der Waals surface area contributed by atoms with Crippen LogP contribution in [0, 0.1) is 17.6 Å². The van der Waals surface area contributed by atoms with Gasteiger partial charge in [0.15, 0.2) is 0 Å². The highest BCUT2D eigenvalue weighted by Gasteiger charge is 2.27. The van der Waals surface area contributed by atoms with Crippen molar-refractivity contribution < 1.29 is 18.7 Å². The second-order valence-electron chi connectivity index (χ2n) is 6.22. The smallest absolute Gasteiger partial charge is 0.321 e. The number of carbonyl (C=O) groups is 1. The van der Waals surface area contributed by atoms with E-state index in [1.54, 1.807) is 29.2 Å². The van der Waals surface area contributed by atoms with Crippen LogP contribution in [0.3, 0.4) is 0 Å². The third-order valence-corrected chi connectivity index (χ3v) is 4.48. The molecule has 2 aromatic rings. The van der Waals surface area contributed by atoms with E-state index < -0.39 is 17.7 Å². The first-order valence-electron chi connectivity index (χ1n) is 8.29. The zero-order valence-corrected chi connectivity index (χ0v) is 13.7. The Hall–Kier alpha value is -2.47. The summed E-state index contributed by atoms with van der Waals surface area (Å²) in [4.78, 5) is 14.1. The van der Waals surface area contributed by atoms with Gasteiger partial charge in [-0.1, -0.05) is 30.3 Å². The summed E-state index contributed by atoms with van der Waals surface area (Å²) in [5.41, 5.74) is 0.900. The number of nitrogens with zero attached hydrogens (tertiary/aromatic N) is 1. The van der Waals surface area contributed by atoms with Crippen LogP contribution < -0.4 is 5.32 Å². The minimum atomic E-state index is -0.807. The minimum absolute atomic E-state index is 0.0248. The van der Waals surface area contributed by atoms with E-state index in [4.69, 9.17) is 5.11 Å². The van der Waals surface area contributed by atoms with E-state index in [0.29, 0.717) is 30.6 Å². The largest absolute Gasteiger partial charge is 0.396 e. The van der Waals surface area contributed by atoms with E-state index in [1.165, 1.54) is 6.07 Å². The molecule has 132 valence electrons. The Labute approximate surface area is 145 Å². The number of aliphatic hydroxyl groups excluding tert-OH is 1. The van der Waals surface area contributed by atoms with E-state index >= 15 is 0 Å². The van der Waals surface area contributed by atoms with Crippen molar-refractivity contribution in [2.75, 3.05) is 25.0 Å². The number of carbonyl (C=O) groups excluding carboxylic acids is 1. The maximum Gasteiger partial charge on any atom is 0.321 e. The lowest BCUT2D eigenvalue weighted by atomic mass is 10.0. The van der Waals surface area contributed by atoms with Crippen molar-refractivity contribution in [1.82, 2.24) is 4.90 Å². The van der Waals surface area contributed by atoms with Gasteiger partial charge in [0.1, 0.15) is 11.6 Å². The molecule has 4 nitrogen and oxygen atoms in total. The maximum absolute atomic E-state index is 14.3. The van der Waals surface area contributed by atoms with Crippen LogP contribution in [-0.4, -0.2) is 35.7 Å². The number of halogens is 2. The van der Waals surface area contributed by atoms with Gasteiger partial charge < -0.3 is 15.3 Å². The molecule has 1 unspecified atom stereocenters. The molecule has 1 heterocycles. The normalized spacial score (nSPS) is 16.9. The van der Waals surface area contributed by atoms with Crippen molar-refractivity contribution in [3.05, 3.63) is 54.1 Å².